The van der Waals surface area contributed by atoms with Crippen molar-refractivity contribution in [2.24, 2.45) is 0 Å². The molecule has 1 fully saturated rings. The molecule has 1 unspecified atom stereocenters. The van der Waals surface area contributed by atoms with Gasteiger partial charge in [-0.05, 0) is 37.5 Å². The van der Waals surface area contributed by atoms with Crippen molar-refractivity contribution >= 4 is 17.9 Å². The predicted molar refractivity (Wildman–Crippen MR) is 82.4 cm³/mol. The van der Waals surface area contributed by atoms with Crippen molar-refractivity contribution in [3.8, 4) is 0 Å². The first kappa shape index (κ1) is 15.5. The lowest BCUT2D eigenvalue weighted by Gasteiger charge is -2.34. The third-order valence-electron chi connectivity index (χ3n) is 3.46. The zero-order chi connectivity index (χ0) is 15.1. The molecule has 1 aromatic rings. The lowest BCUT2D eigenvalue weighted by Crippen LogP contribution is -2.40. The summed E-state index contributed by atoms with van der Waals surface area (Å²) in [5.74, 6) is -0.118. The third-order valence-corrected chi connectivity index (χ3v) is 3.46. The second-order valence-corrected chi connectivity index (χ2v) is 5.17. The number of ether oxygens (including phenoxy) is 1. The number of hydrogen-bond donors (Lipinski definition) is 1. The highest BCUT2D eigenvalue weighted by molar-refractivity contribution is 5.86. The van der Waals surface area contributed by atoms with Crippen LogP contribution in [0.5, 0.6) is 0 Å². The fourth-order valence-electron chi connectivity index (χ4n) is 2.52. The van der Waals surface area contributed by atoms with E-state index in [4.69, 9.17) is 9.84 Å². The van der Waals surface area contributed by atoms with Crippen LogP contribution in [-0.2, 0) is 9.53 Å². The fraction of sp³-hybridized carbons (Fsp3) is 0.500. The van der Waals surface area contributed by atoms with Gasteiger partial charge in [0.2, 0.25) is 0 Å². The standard InChI is InChI=1S/C16H22N2O3/c1-2-11-21-14-6-4-10-18(12-14)16-13(5-3-9-17-16)7-8-15(19)20/h3,5,7-9,14H,2,4,6,10-12H2,1H3,(H,19,20)/b8-7+. The first-order valence-corrected chi connectivity index (χ1v) is 7.43. The highest BCUT2D eigenvalue weighted by Gasteiger charge is 2.22. The van der Waals surface area contributed by atoms with Gasteiger partial charge in [-0.2, -0.15) is 0 Å². The minimum atomic E-state index is -0.951. The summed E-state index contributed by atoms with van der Waals surface area (Å²) in [6, 6.07) is 3.71. The molecular formula is C16H22N2O3. The Kier molecular flexibility index (Phi) is 5.75. The summed E-state index contributed by atoms with van der Waals surface area (Å²) >= 11 is 0. The Bertz CT molecular complexity index is 502. The Morgan fingerprint density at radius 2 is 2.48 bits per heavy atom. The monoisotopic (exact) mass is 290 g/mol. The van der Waals surface area contributed by atoms with Crippen molar-refractivity contribution in [2.45, 2.75) is 32.3 Å². The lowest BCUT2D eigenvalue weighted by atomic mass is 10.1. The van der Waals surface area contributed by atoms with Gasteiger partial charge in [-0.3, -0.25) is 0 Å². The highest BCUT2D eigenvalue weighted by atomic mass is 16.5. The van der Waals surface area contributed by atoms with E-state index in [2.05, 4.69) is 16.8 Å². The normalized spacial score (nSPS) is 19.1. The van der Waals surface area contributed by atoms with Gasteiger partial charge in [0.1, 0.15) is 5.82 Å². The van der Waals surface area contributed by atoms with Crippen LogP contribution in [-0.4, -0.2) is 41.9 Å². The van der Waals surface area contributed by atoms with Gasteiger partial charge in [0.15, 0.2) is 0 Å². The van der Waals surface area contributed by atoms with Crippen LogP contribution in [0.1, 0.15) is 31.7 Å². The number of piperidine rings is 1. The Hall–Kier alpha value is -1.88. The molecule has 2 rings (SSSR count). The SMILES string of the molecule is CCCOC1CCCN(c2ncccc2/C=C/C(=O)O)C1. The van der Waals surface area contributed by atoms with Crippen LogP contribution in [0.15, 0.2) is 24.4 Å². The molecule has 0 saturated carbocycles. The smallest absolute Gasteiger partial charge is 0.328 e. The van der Waals surface area contributed by atoms with Gasteiger partial charge >= 0.3 is 5.97 Å². The Labute approximate surface area is 125 Å². The Morgan fingerprint density at radius 3 is 3.24 bits per heavy atom. The average molecular weight is 290 g/mol. The van der Waals surface area contributed by atoms with Crippen LogP contribution in [0.2, 0.25) is 0 Å². The van der Waals surface area contributed by atoms with E-state index >= 15 is 0 Å². The number of carbonyl (C=O) groups is 1. The summed E-state index contributed by atoms with van der Waals surface area (Å²) in [6.45, 7) is 4.63. The van der Waals surface area contributed by atoms with Gasteiger partial charge in [-0.1, -0.05) is 6.92 Å². The Morgan fingerprint density at radius 1 is 1.62 bits per heavy atom. The molecule has 1 N–H and O–H groups in total. The van der Waals surface area contributed by atoms with Crippen LogP contribution in [0, 0.1) is 0 Å². The van der Waals surface area contributed by atoms with E-state index in [0.29, 0.717) is 0 Å². The molecule has 1 saturated heterocycles. The van der Waals surface area contributed by atoms with Crippen molar-refractivity contribution in [3.63, 3.8) is 0 Å². The van der Waals surface area contributed by atoms with E-state index in [9.17, 15) is 4.79 Å². The number of anilines is 1. The number of carboxylic acid groups (broad SMARTS) is 1. The highest BCUT2D eigenvalue weighted by Crippen LogP contribution is 2.24. The van der Waals surface area contributed by atoms with Crippen molar-refractivity contribution in [2.75, 3.05) is 24.6 Å². The van der Waals surface area contributed by atoms with Gasteiger partial charge in [0, 0.05) is 37.5 Å². The topological polar surface area (TPSA) is 62.7 Å². The molecule has 1 aliphatic rings. The molecule has 1 atom stereocenters. The molecule has 0 aliphatic carbocycles. The number of aliphatic carboxylic acids is 1. The van der Waals surface area contributed by atoms with E-state index in [1.165, 1.54) is 0 Å². The van der Waals surface area contributed by atoms with Crippen LogP contribution in [0.3, 0.4) is 0 Å². The summed E-state index contributed by atoms with van der Waals surface area (Å²) in [4.78, 5) is 17.3. The minimum Gasteiger partial charge on any atom is -0.478 e. The molecule has 5 heteroatoms. The third kappa shape index (κ3) is 4.56. The molecule has 5 nitrogen and oxygen atoms in total. The number of pyridine rings is 1. The molecule has 1 aliphatic heterocycles. The number of nitrogens with zero attached hydrogens (tertiary/aromatic N) is 2. The number of carboxylic acids is 1. The van der Waals surface area contributed by atoms with Gasteiger partial charge in [-0.15, -0.1) is 0 Å². The Balaban J connectivity index is 2.11. The zero-order valence-corrected chi connectivity index (χ0v) is 12.4. The van der Waals surface area contributed by atoms with E-state index in [1.807, 2.05) is 12.1 Å². The molecule has 1 aromatic heterocycles. The van der Waals surface area contributed by atoms with Crippen molar-refractivity contribution in [1.82, 2.24) is 4.98 Å². The molecule has 0 amide bonds. The molecule has 114 valence electrons. The molecule has 21 heavy (non-hydrogen) atoms. The molecule has 0 aromatic carbocycles. The van der Waals surface area contributed by atoms with Crippen LogP contribution in [0.25, 0.3) is 6.08 Å². The number of aromatic nitrogens is 1. The molecular weight excluding hydrogens is 268 g/mol. The predicted octanol–water partition coefficient (Wildman–Crippen LogP) is 2.57. The van der Waals surface area contributed by atoms with Gasteiger partial charge in [0.25, 0.3) is 0 Å². The average Bonchev–Trinajstić information content (AvgIpc) is 2.51. The molecule has 0 radical (unpaired) electrons. The van der Waals surface area contributed by atoms with Gasteiger partial charge in [0.05, 0.1) is 6.10 Å². The maximum absolute atomic E-state index is 10.7. The van der Waals surface area contributed by atoms with E-state index in [0.717, 1.165) is 56.4 Å². The largest absolute Gasteiger partial charge is 0.478 e. The number of rotatable bonds is 6. The first-order valence-electron chi connectivity index (χ1n) is 7.43. The summed E-state index contributed by atoms with van der Waals surface area (Å²) in [7, 11) is 0. The van der Waals surface area contributed by atoms with E-state index < -0.39 is 5.97 Å². The van der Waals surface area contributed by atoms with Gasteiger partial charge < -0.3 is 14.7 Å². The minimum absolute atomic E-state index is 0.233. The van der Waals surface area contributed by atoms with Crippen LogP contribution >= 0.6 is 0 Å². The maximum Gasteiger partial charge on any atom is 0.328 e. The van der Waals surface area contributed by atoms with Crippen LogP contribution < -0.4 is 4.90 Å². The summed E-state index contributed by atoms with van der Waals surface area (Å²) < 4.78 is 5.84. The van der Waals surface area contributed by atoms with E-state index in [1.54, 1.807) is 12.3 Å². The van der Waals surface area contributed by atoms with E-state index in [-0.39, 0.29) is 6.10 Å². The van der Waals surface area contributed by atoms with Gasteiger partial charge in [-0.25, -0.2) is 9.78 Å². The van der Waals surface area contributed by atoms with Crippen LogP contribution in [0.4, 0.5) is 5.82 Å². The summed E-state index contributed by atoms with van der Waals surface area (Å²) in [5, 5.41) is 8.77. The summed E-state index contributed by atoms with van der Waals surface area (Å²) in [5.41, 5.74) is 0.830. The first-order chi connectivity index (χ1) is 10.2. The van der Waals surface area contributed by atoms with Crippen molar-refractivity contribution < 1.29 is 14.6 Å². The quantitative estimate of drug-likeness (QED) is 0.816. The summed E-state index contributed by atoms with van der Waals surface area (Å²) in [6.07, 6.45) is 7.88. The number of hydrogen-bond acceptors (Lipinski definition) is 4. The fourth-order valence-corrected chi connectivity index (χ4v) is 2.52. The second-order valence-electron chi connectivity index (χ2n) is 5.17. The van der Waals surface area contributed by atoms with Crippen molar-refractivity contribution in [1.29, 1.82) is 0 Å². The van der Waals surface area contributed by atoms with Crippen molar-refractivity contribution in [3.05, 3.63) is 30.0 Å². The maximum atomic E-state index is 10.7. The zero-order valence-electron chi connectivity index (χ0n) is 12.4. The second kappa shape index (κ2) is 7.78. The molecule has 0 spiro atoms. The lowest BCUT2D eigenvalue weighted by molar-refractivity contribution is -0.131. The molecule has 0 bridgehead atoms. The molecule has 2 heterocycles.